The Morgan fingerprint density at radius 2 is 2.10 bits per heavy atom. The summed E-state index contributed by atoms with van der Waals surface area (Å²) in [6.45, 7) is 5.77. The number of aromatic nitrogens is 3. The van der Waals surface area contributed by atoms with Crippen LogP contribution in [0, 0.1) is 13.8 Å². The standard InChI is InChI=1S/C20H18N4O3S2/c1-4-27-20(26)16-11(2)12(3)29-19(16)23-18(25)13-10-22-24-14(7-8-21-17(13)24)15-6-5-9-28-15/h5-10H,4H2,1-3H3,(H,23,25). The second-order valence-electron chi connectivity index (χ2n) is 6.26. The van der Waals surface area contributed by atoms with Crippen molar-refractivity contribution in [1.82, 2.24) is 14.6 Å². The van der Waals surface area contributed by atoms with Gasteiger partial charge in [-0.2, -0.15) is 5.10 Å². The maximum Gasteiger partial charge on any atom is 0.341 e. The van der Waals surface area contributed by atoms with Gasteiger partial charge >= 0.3 is 5.97 Å². The quantitative estimate of drug-likeness (QED) is 0.473. The minimum atomic E-state index is -0.442. The Labute approximate surface area is 175 Å². The number of thiophene rings is 2. The molecule has 0 radical (unpaired) electrons. The molecule has 4 aromatic heterocycles. The lowest BCUT2D eigenvalue weighted by Crippen LogP contribution is -2.15. The predicted molar refractivity (Wildman–Crippen MR) is 114 cm³/mol. The van der Waals surface area contributed by atoms with Crippen molar-refractivity contribution in [3.05, 3.63) is 57.5 Å². The van der Waals surface area contributed by atoms with E-state index in [9.17, 15) is 9.59 Å². The normalized spacial score (nSPS) is 11.0. The van der Waals surface area contributed by atoms with Crippen LogP contribution in [-0.2, 0) is 4.74 Å². The molecule has 0 saturated carbocycles. The zero-order chi connectivity index (χ0) is 20.5. The molecule has 0 fully saturated rings. The molecule has 0 bridgehead atoms. The molecule has 1 N–H and O–H groups in total. The van der Waals surface area contributed by atoms with E-state index in [-0.39, 0.29) is 12.5 Å². The number of anilines is 1. The number of amides is 1. The third-order valence-corrected chi connectivity index (χ3v) is 6.53. The van der Waals surface area contributed by atoms with Crippen molar-refractivity contribution >= 4 is 45.2 Å². The highest BCUT2D eigenvalue weighted by atomic mass is 32.1. The molecular formula is C20H18N4O3S2. The number of nitrogens with zero attached hydrogens (tertiary/aromatic N) is 3. The highest BCUT2D eigenvalue weighted by Gasteiger charge is 2.24. The molecule has 4 rings (SSSR count). The van der Waals surface area contributed by atoms with Crippen LogP contribution < -0.4 is 5.32 Å². The molecule has 4 aromatic rings. The lowest BCUT2D eigenvalue weighted by molar-refractivity contribution is 0.0527. The number of fused-ring (bicyclic) bond motifs is 1. The largest absolute Gasteiger partial charge is 0.462 e. The van der Waals surface area contributed by atoms with Crippen LogP contribution in [0.4, 0.5) is 5.00 Å². The average molecular weight is 427 g/mol. The number of hydrogen-bond acceptors (Lipinski definition) is 7. The van der Waals surface area contributed by atoms with Crippen LogP contribution in [-0.4, -0.2) is 33.1 Å². The highest BCUT2D eigenvalue weighted by molar-refractivity contribution is 7.16. The summed E-state index contributed by atoms with van der Waals surface area (Å²) in [6, 6.07) is 5.81. The summed E-state index contributed by atoms with van der Waals surface area (Å²) in [5.41, 5.74) is 2.85. The topological polar surface area (TPSA) is 85.6 Å². The van der Waals surface area contributed by atoms with Gasteiger partial charge in [0.15, 0.2) is 5.65 Å². The lowest BCUT2D eigenvalue weighted by atomic mass is 10.1. The van der Waals surface area contributed by atoms with E-state index in [4.69, 9.17) is 4.74 Å². The minimum absolute atomic E-state index is 0.268. The van der Waals surface area contributed by atoms with E-state index < -0.39 is 5.97 Å². The summed E-state index contributed by atoms with van der Waals surface area (Å²) in [7, 11) is 0. The number of carbonyl (C=O) groups is 2. The summed E-state index contributed by atoms with van der Waals surface area (Å²) in [5, 5.41) is 9.66. The monoisotopic (exact) mass is 426 g/mol. The summed E-state index contributed by atoms with van der Waals surface area (Å²) in [4.78, 5) is 31.7. The molecule has 0 aliphatic heterocycles. The molecule has 0 unspecified atom stereocenters. The van der Waals surface area contributed by atoms with Crippen LogP contribution in [0.3, 0.4) is 0 Å². The summed E-state index contributed by atoms with van der Waals surface area (Å²) in [6.07, 6.45) is 3.15. The SMILES string of the molecule is CCOC(=O)c1c(NC(=O)c2cnn3c(-c4cccs4)ccnc23)sc(C)c1C. The number of carbonyl (C=O) groups excluding carboxylic acids is 2. The number of ether oxygens (including phenoxy) is 1. The molecular weight excluding hydrogens is 408 g/mol. The molecule has 0 aliphatic carbocycles. The molecule has 1 amide bonds. The van der Waals surface area contributed by atoms with E-state index in [1.807, 2.05) is 37.4 Å². The molecule has 0 aromatic carbocycles. The first-order chi connectivity index (χ1) is 14.0. The lowest BCUT2D eigenvalue weighted by Gasteiger charge is -2.07. The van der Waals surface area contributed by atoms with Gasteiger partial charge in [0.2, 0.25) is 0 Å². The molecule has 0 atom stereocenters. The van der Waals surface area contributed by atoms with Gasteiger partial charge < -0.3 is 10.1 Å². The van der Waals surface area contributed by atoms with Crippen molar-refractivity contribution in [3.8, 4) is 10.6 Å². The third kappa shape index (κ3) is 3.43. The zero-order valence-corrected chi connectivity index (χ0v) is 17.7. The van der Waals surface area contributed by atoms with Crippen molar-refractivity contribution in [2.75, 3.05) is 11.9 Å². The highest BCUT2D eigenvalue weighted by Crippen LogP contribution is 2.33. The van der Waals surface area contributed by atoms with E-state index in [1.54, 1.807) is 29.0 Å². The Morgan fingerprint density at radius 3 is 2.83 bits per heavy atom. The smallest absolute Gasteiger partial charge is 0.341 e. The Bertz CT molecular complexity index is 1210. The van der Waals surface area contributed by atoms with Crippen molar-refractivity contribution in [1.29, 1.82) is 0 Å². The Kier molecular flexibility index (Phi) is 5.16. The van der Waals surface area contributed by atoms with Crippen molar-refractivity contribution in [3.63, 3.8) is 0 Å². The Morgan fingerprint density at radius 1 is 1.28 bits per heavy atom. The van der Waals surface area contributed by atoms with Gasteiger partial charge in [-0.1, -0.05) is 6.07 Å². The third-order valence-electron chi connectivity index (χ3n) is 4.51. The van der Waals surface area contributed by atoms with Gasteiger partial charge in [-0.05, 0) is 43.8 Å². The van der Waals surface area contributed by atoms with Gasteiger partial charge in [0.25, 0.3) is 5.91 Å². The molecule has 9 heteroatoms. The van der Waals surface area contributed by atoms with Gasteiger partial charge in [0.05, 0.1) is 28.9 Å². The summed E-state index contributed by atoms with van der Waals surface area (Å²) < 4.78 is 6.80. The molecule has 29 heavy (non-hydrogen) atoms. The maximum absolute atomic E-state index is 13.0. The first-order valence-electron chi connectivity index (χ1n) is 8.96. The van der Waals surface area contributed by atoms with Crippen molar-refractivity contribution < 1.29 is 14.3 Å². The average Bonchev–Trinajstić information content (AvgIpc) is 3.42. The fraction of sp³-hybridized carbons (Fsp3) is 0.200. The van der Waals surface area contributed by atoms with E-state index in [1.165, 1.54) is 17.5 Å². The first-order valence-corrected chi connectivity index (χ1v) is 10.7. The second-order valence-corrected chi connectivity index (χ2v) is 8.44. The van der Waals surface area contributed by atoms with Gasteiger partial charge in [0.1, 0.15) is 10.6 Å². The van der Waals surface area contributed by atoms with Gasteiger partial charge in [-0.25, -0.2) is 14.3 Å². The number of rotatable bonds is 5. The van der Waals surface area contributed by atoms with Gasteiger partial charge in [0, 0.05) is 11.1 Å². The Balaban J connectivity index is 1.70. The fourth-order valence-electron chi connectivity index (χ4n) is 3.00. The van der Waals surface area contributed by atoms with Crippen LogP contribution in [0.5, 0.6) is 0 Å². The van der Waals surface area contributed by atoms with Crippen LogP contribution >= 0.6 is 22.7 Å². The predicted octanol–water partition coefficient (Wildman–Crippen LogP) is 4.57. The van der Waals surface area contributed by atoms with E-state index in [0.29, 0.717) is 21.8 Å². The van der Waals surface area contributed by atoms with Crippen LogP contribution in [0.2, 0.25) is 0 Å². The molecule has 0 saturated heterocycles. The molecule has 148 valence electrons. The first kappa shape index (κ1) is 19.3. The van der Waals surface area contributed by atoms with Gasteiger partial charge in [-0.3, -0.25) is 4.79 Å². The zero-order valence-electron chi connectivity index (χ0n) is 16.1. The van der Waals surface area contributed by atoms with Crippen molar-refractivity contribution in [2.24, 2.45) is 0 Å². The summed E-state index contributed by atoms with van der Waals surface area (Å²) in [5.74, 6) is -0.815. The number of esters is 1. The number of aryl methyl sites for hydroxylation is 1. The van der Waals surface area contributed by atoms with Crippen molar-refractivity contribution in [2.45, 2.75) is 20.8 Å². The van der Waals surface area contributed by atoms with Crippen LogP contribution in [0.15, 0.2) is 36.0 Å². The molecule has 0 aliphatic rings. The molecule has 7 nitrogen and oxygen atoms in total. The van der Waals surface area contributed by atoms with Gasteiger partial charge in [-0.15, -0.1) is 22.7 Å². The van der Waals surface area contributed by atoms with E-state index in [0.717, 1.165) is 21.0 Å². The molecule has 0 spiro atoms. The Hall–Kier alpha value is -3.04. The van der Waals surface area contributed by atoms with E-state index >= 15 is 0 Å². The fourth-order valence-corrected chi connectivity index (χ4v) is 4.78. The second kappa shape index (κ2) is 7.76. The maximum atomic E-state index is 13.0. The van der Waals surface area contributed by atoms with Crippen LogP contribution in [0.1, 0.15) is 38.1 Å². The van der Waals surface area contributed by atoms with Crippen LogP contribution in [0.25, 0.3) is 16.2 Å². The van der Waals surface area contributed by atoms with E-state index in [2.05, 4.69) is 15.4 Å². The molecule has 4 heterocycles. The summed E-state index contributed by atoms with van der Waals surface area (Å²) >= 11 is 2.93. The number of nitrogens with one attached hydrogen (secondary N) is 1. The number of hydrogen-bond donors (Lipinski definition) is 1. The minimum Gasteiger partial charge on any atom is -0.462 e.